The number of hydrogen-bond acceptors (Lipinski definition) is 5. The topological polar surface area (TPSA) is 73.1 Å². The molecule has 5 heteroatoms. The van der Waals surface area contributed by atoms with Crippen LogP contribution >= 0.6 is 0 Å². The van der Waals surface area contributed by atoms with E-state index in [4.69, 9.17) is 10.5 Å². The van der Waals surface area contributed by atoms with Gasteiger partial charge in [0, 0.05) is 12.6 Å². The zero-order valence-corrected chi connectivity index (χ0v) is 13.0. The molecule has 1 aromatic heterocycles. The van der Waals surface area contributed by atoms with Gasteiger partial charge in [-0.3, -0.25) is 0 Å². The Morgan fingerprint density at radius 3 is 2.57 bits per heavy atom. The second kappa shape index (κ2) is 6.43. The average molecular weight is 286 g/mol. The first-order chi connectivity index (χ1) is 10.0. The lowest BCUT2D eigenvalue weighted by atomic mass is 10.1. The van der Waals surface area contributed by atoms with Crippen molar-refractivity contribution < 1.29 is 4.74 Å². The van der Waals surface area contributed by atoms with Crippen LogP contribution in [0, 0.1) is 20.8 Å². The Balaban J connectivity index is 2.31. The lowest BCUT2D eigenvalue weighted by Crippen LogP contribution is -2.06. The number of hydrogen-bond donors (Lipinski definition) is 2. The standard InChI is InChI=1S/C16H22N4O/c1-5-8-18-13-9-14(20-16(17)19-13)21-15-11(3)7-6-10(2)12(15)4/h6-7,9H,5,8H2,1-4H3,(H3,17,18,19,20). The summed E-state index contributed by atoms with van der Waals surface area (Å²) in [4.78, 5) is 8.30. The van der Waals surface area contributed by atoms with Crippen LogP contribution in [0.5, 0.6) is 11.6 Å². The molecule has 0 spiro atoms. The average Bonchev–Trinajstić information content (AvgIpc) is 2.45. The van der Waals surface area contributed by atoms with Crippen LogP contribution < -0.4 is 15.8 Å². The van der Waals surface area contributed by atoms with Gasteiger partial charge in [0.1, 0.15) is 11.6 Å². The third-order valence-electron chi connectivity index (χ3n) is 3.36. The molecule has 0 radical (unpaired) electrons. The second-order valence-electron chi connectivity index (χ2n) is 5.13. The molecule has 5 nitrogen and oxygen atoms in total. The summed E-state index contributed by atoms with van der Waals surface area (Å²) >= 11 is 0. The predicted octanol–water partition coefficient (Wildman–Crippen LogP) is 3.60. The summed E-state index contributed by atoms with van der Waals surface area (Å²) in [5.41, 5.74) is 9.11. The highest BCUT2D eigenvalue weighted by Crippen LogP contribution is 2.30. The van der Waals surface area contributed by atoms with Crippen LogP contribution in [0.2, 0.25) is 0 Å². The maximum atomic E-state index is 5.95. The summed E-state index contributed by atoms with van der Waals surface area (Å²) < 4.78 is 5.95. The molecule has 112 valence electrons. The molecule has 0 aliphatic carbocycles. The Morgan fingerprint density at radius 1 is 1.14 bits per heavy atom. The van der Waals surface area contributed by atoms with Gasteiger partial charge in [0.2, 0.25) is 11.8 Å². The number of benzene rings is 1. The monoisotopic (exact) mass is 286 g/mol. The number of aromatic nitrogens is 2. The van der Waals surface area contributed by atoms with E-state index in [0.717, 1.165) is 29.8 Å². The van der Waals surface area contributed by atoms with Crippen LogP contribution in [0.25, 0.3) is 0 Å². The summed E-state index contributed by atoms with van der Waals surface area (Å²) in [6, 6.07) is 5.89. The van der Waals surface area contributed by atoms with Crippen molar-refractivity contribution in [2.75, 3.05) is 17.6 Å². The predicted molar refractivity (Wildman–Crippen MR) is 86.0 cm³/mol. The van der Waals surface area contributed by atoms with E-state index in [9.17, 15) is 0 Å². The highest BCUT2D eigenvalue weighted by Gasteiger charge is 2.10. The van der Waals surface area contributed by atoms with Gasteiger partial charge >= 0.3 is 0 Å². The molecule has 2 rings (SSSR count). The molecule has 0 bridgehead atoms. The first kappa shape index (κ1) is 15.1. The molecule has 0 aliphatic heterocycles. The van der Waals surface area contributed by atoms with Gasteiger partial charge in [-0.15, -0.1) is 0 Å². The minimum atomic E-state index is 0.203. The van der Waals surface area contributed by atoms with Gasteiger partial charge in [0.25, 0.3) is 0 Å². The maximum Gasteiger partial charge on any atom is 0.226 e. The molecule has 1 heterocycles. The first-order valence-corrected chi connectivity index (χ1v) is 7.14. The zero-order valence-electron chi connectivity index (χ0n) is 13.0. The van der Waals surface area contributed by atoms with Gasteiger partial charge in [-0.25, -0.2) is 0 Å². The molecule has 0 fully saturated rings. The molecular formula is C16H22N4O. The highest BCUT2D eigenvalue weighted by atomic mass is 16.5. The van der Waals surface area contributed by atoms with E-state index in [1.807, 2.05) is 19.9 Å². The second-order valence-corrected chi connectivity index (χ2v) is 5.13. The summed E-state index contributed by atoms with van der Waals surface area (Å²) in [5.74, 6) is 2.17. The molecule has 0 saturated carbocycles. The van der Waals surface area contributed by atoms with Crippen molar-refractivity contribution in [2.24, 2.45) is 0 Å². The molecule has 0 unspecified atom stereocenters. The van der Waals surface area contributed by atoms with E-state index in [0.29, 0.717) is 11.7 Å². The summed E-state index contributed by atoms with van der Waals surface area (Å²) in [6.45, 7) is 9.04. The van der Waals surface area contributed by atoms with Gasteiger partial charge in [-0.05, 0) is 43.9 Å². The number of nitrogens with zero attached hydrogens (tertiary/aromatic N) is 2. The SMILES string of the molecule is CCCNc1cc(Oc2c(C)ccc(C)c2C)nc(N)n1. The third-order valence-corrected chi connectivity index (χ3v) is 3.36. The molecule has 0 saturated heterocycles. The summed E-state index contributed by atoms with van der Waals surface area (Å²) in [5, 5.41) is 3.19. The number of aryl methyl sites for hydroxylation is 2. The lowest BCUT2D eigenvalue weighted by molar-refractivity contribution is 0.455. The third kappa shape index (κ3) is 3.62. The lowest BCUT2D eigenvalue weighted by Gasteiger charge is -2.14. The quantitative estimate of drug-likeness (QED) is 0.878. The first-order valence-electron chi connectivity index (χ1n) is 7.14. The molecule has 1 aromatic carbocycles. The fourth-order valence-corrected chi connectivity index (χ4v) is 2.03. The van der Waals surface area contributed by atoms with Crippen molar-refractivity contribution in [1.29, 1.82) is 0 Å². The Kier molecular flexibility index (Phi) is 4.62. The van der Waals surface area contributed by atoms with Crippen LogP contribution in [0.3, 0.4) is 0 Å². The molecular weight excluding hydrogens is 264 g/mol. The molecule has 21 heavy (non-hydrogen) atoms. The Morgan fingerprint density at radius 2 is 1.86 bits per heavy atom. The Hall–Kier alpha value is -2.30. The molecule has 0 aliphatic rings. The van der Waals surface area contributed by atoms with Crippen LogP contribution in [-0.2, 0) is 0 Å². The zero-order chi connectivity index (χ0) is 15.4. The van der Waals surface area contributed by atoms with E-state index < -0.39 is 0 Å². The van der Waals surface area contributed by atoms with Crippen LogP contribution in [0.4, 0.5) is 11.8 Å². The summed E-state index contributed by atoms with van der Waals surface area (Å²) in [6.07, 6.45) is 1.01. The van der Waals surface area contributed by atoms with Crippen molar-refractivity contribution in [2.45, 2.75) is 34.1 Å². The van der Waals surface area contributed by atoms with Crippen molar-refractivity contribution in [3.63, 3.8) is 0 Å². The maximum absolute atomic E-state index is 5.95. The molecule has 2 aromatic rings. The van der Waals surface area contributed by atoms with E-state index in [1.165, 1.54) is 5.56 Å². The number of rotatable bonds is 5. The van der Waals surface area contributed by atoms with Gasteiger partial charge in [0.05, 0.1) is 0 Å². The Labute approximate surface area is 125 Å². The van der Waals surface area contributed by atoms with Crippen LogP contribution in [0.15, 0.2) is 18.2 Å². The minimum Gasteiger partial charge on any atom is -0.438 e. The summed E-state index contributed by atoms with van der Waals surface area (Å²) in [7, 11) is 0. The fraction of sp³-hybridized carbons (Fsp3) is 0.375. The largest absolute Gasteiger partial charge is 0.438 e. The Bertz CT molecular complexity index is 640. The van der Waals surface area contributed by atoms with Gasteiger partial charge in [-0.2, -0.15) is 9.97 Å². The number of nitrogen functional groups attached to an aromatic ring is 1. The van der Waals surface area contributed by atoms with Gasteiger partial charge in [0.15, 0.2) is 0 Å². The minimum absolute atomic E-state index is 0.203. The number of nitrogens with one attached hydrogen (secondary N) is 1. The molecule has 0 atom stereocenters. The van der Waals surface area contributed by atoms with Crippen LogP contribution in [0.1, 0.15) is 30.0 Å². The van der Waals surface area contributed by atoms with Gasteiger partial charge in [-0.1, -0.05) is 19.1 Å². The van der Waals surface area contributed by atoms with E-state index in [-0.39, 0.29) is 5.95 Å². The van der Waals surface area contributed by atoms with Gasteiger partial charge < -0.3 is 15.8 Å². The normalized spacial score (nSPS) is 10.5. The van der Waals surface area contributed by atoms with E-state index >= 15 is 0 Å². The number of nitrogens with two attached hydrogens (primary N) is 1. The highest BCUT2D eigenvalue weighted by molar-refractivity contribution is 5.48. The van der Waals surface area contributed by atoms with E-state index in [2.05, 4.69) is 35.2 Å². The molecule has 0 amide bonds. The van der Waals surface area contributed by atoms with E-state index in [1.54, 1.807) is 6.07 Å². The smallest absolute Gasteiger partial charge is 0.226 e. The number of anilines is 2. The van der Waals surface area contributed by atoms with Crippen molar-refractivity contribution >= 4 is 11.8 Å². The number of ether oxygens (including phenoxy) is 1. The van der Waals surface area contributed by atoms with Crippen LogP contribution in [-0.4, -0.2) is 16.5 Å². The van der Waals surface area contributed by atoms with Crippen molar-refractivity contribution in [3.05, 3.63) is 34.9 Å². The fourth-order valence-electron chi connectivity index (χ4n) is 2.03. The van der Waals surface area contributed by atoms with Crippen molar-refractivity contribution in [1.82, 2.24) is 9.97 Å². The molecule has 3 N–H and O–H groups in total. The van der Waals surface area contributed by atoms with Crippen molar-refractivity contribution in [3.8, 4) is 11.6 Å².